The van der Waals surface area contributed by atoms with Crippen LogP contribution in [0, 0.1) is 47.6 Å². The van der Waals surface area contributed by atoms with Gasteiger partial charge in [0.05, 0.1) is 11.1 Å². The molecule has 0 saturated carbocycles. The Morgan fingerprint density at radius 2 is 0.746 bits per heavy atom. The first-order valence-electron chi connectivity index (χ1n) is 21.4. The summed E-state index contributed by atoms with van der Waals surface area (Å²) in [5.74, 6) is -2.62. The van der Waals surface area contributed by atoms with Gasteiger partial charge in [-0.3, -0.25) is 12.2 Å². The predicted molar refractivity (Wildman–Crippen MR) is 243 cm³/mol. The van der Waals surface area contributed by atoms with Crippen molar-refractivity contribution in [2.24, 2.45) is 0 Å². The molecule has 316 valence electrons. The maximum atomic E-state index is 14.7. The van der Waals surface area contributed by atoms with Crippen molar-refractivity contribution >= 4 is 11.4 Å². The SMILES string of the molecule is Fc1[c-]c(F)c(N2CCCCC2(c2ccccc2)c2ccccc2)cc1.Fc1[c-]c(F)c(N2CCCCC2(c2ccccc2)c2ccccc2)cc1.[C-]1=CC=CC1.[C-]1=CC=CC1.[Ti+4]. The van der Waals surface area contributed by atoms with Crippen LogP contribution in [0.4, 0.5) is 28.9 Å². The molecule has 2 heterocycles. The number of hydrogen-bond acceptors (Lipinski definition) is 2. The van der Waals surface area contributed by atoms with Crippen LogP contribution < -0.4 is 9.80 Å². The second-order valence-electron chi connectivity index (χ2n) is 15.4. The Balaban J connectivity index is 0.000000169. The molecule has 2 aliphatic carbocycles. The average molecular weight is 875 g/mol. The molecule has 6 aromatic carbocycles. The zero-order valence-electron chi connectivity index (χ0n) is 35.3. The van der Waals surface area contributed by atoms with E-state index in [4.69, 9.17) is 0 Å². The fourth-order valence-corrected chi connectivity index (χ4v) is 8.96. The Morgan fingerprint density at radius 3 is 1.00 bits per heavy atom. The van der Waals surface area contributed by atoms with E-state index in [2.05, 4.69) is 94.8 Å². The monoisotopic (exact) mass is 874 g/mol. The second-order valence-corrected chi connectivity index (χ2v) is 15.4. The first-order chi connectivity index (χ1) is 30.4. The van der Waals surface area contributed by atoms with Gasteiger partial charge in [0.25, 0.3) is 0 Å². The minimum Gasteiger partial charge on any atom is -0.409 e. The summed E-state index contributed by atoms with van der Waals surface area (Å²) in [7, 11) is 0. The number of nitrogens with zero attached hydrogens (tertiary/aromatic N) is 2. The Bertz CT molecular complexity index is 2160. The molecule has 4 aliphatic rings. The molecule has 2 aliphatic heterocycles. The van der Waals surface area contributed by atoms with E-state index >= 15 is 0 Å². The number of benzene rings is 6. The molecule has 63 heavy (non-hydrogen) atoms. The molecule has 2 saturated heterocycles. The van der Waals surface area contributed by atoms with Gasteiger partial charge in [-0.15, -0.1) is 49.2 Å². The summed E-state index contributed by atoms with van der Waals surface area (Å²) in [6.07, 6.45) is 25.8. The van der Waals surface area contributed by atoms with Crippen molar-refractivity contribution in [3.8, 4) is 0 Å². The third-order valence-corrected chi connectivity index (χ3v) is 11.7. The minimum absolute atomic E-state index is 0. The maximum Gasteiger partial charge on any atom is 4.00 e. The van der Waals surface area contributed by atoms with Gasteiger partial charge in [-0.1, -0.05) is 121 Å². The van der Waals surface area contributed by atoms with E-state index in [1.807, 2.05) is 97.1 Å². The van der Waals surface area contributed by atoms with Crippen LogP contribution in [0.1, 0.15) is 73.6 Å². The number of hydrogen-bond donors (Lipinski definition) is 0. The predicted octanol–water partition coefficient (Wildman–Crippen LogP) is 14.0. The molecule has 0 amide bonds. The van der Waals surface area contributed by atoms with Crippen LogP contribution in [-0.2, 0) is 32.8 Å². The van der Waals surface area contributed by atoms with E-state index in [0.29, 0.717) is 24.5 Å². The van der Waals surface area contributed by atoms with Gasteiger partial charge in [-0.05, 0) is 72.2 Å². The van der Waals surface area contributed by atoms with Gasteiger partial charge in [0.1, 0.15) is 0 Å². The van der Waals surface area contributed by atoms with Gasteiger partial charge >= 0.3 is 21.7 Å². The van der Waals surface area contributed by atoms with Crippen LogP contribution in [0.25, 0.3) is 0 Å². The smallest absolute Gasteiger partial charge is 0.409 e. The molecule has 0 unspecified atom stereocenters. The van der Waals surface area contributed by atoms with Crippen LogP contribution in [0.2, 0.25) is 0 Å². The normalized spacial score (nSPS) is 16.4. The minimum atomic E-state index is -0.673. The fourth-order valence-electron chi connectivity index (χ4n) is 8.96. The Labute approximate surface area is 385 Å². The van der Waals surface area contributed by atoms with E-state index in [1.54, 1.807) is 0 Å². The van der Waals surface area contributed by atoms with Gasteiger partial charge in [-0.2, -0.15) is 12.2 Å². The van der Waals surface area contributed by atoms with Crippen LogP contribution in [0.5, 0.6) is 0 Å². The summed E-state index contributed by atoms with van der Waals surface area (Å²) < 4.78 is 56.2. The molecule has 0 atom stereocenters. The van der Waals surface area contributed by atoms with E-state index in [9.17, 15) is 17.6 Å². The van der Waals surface area contributed by atoms with Gasteiger partial charge < -0.3 is 9.80 Å². The van der Waals surface area contributed by atoms with Crippen LogP contribution >= 0.6 is 0 Å². The Morgan fingerprint density at radius 1 is 0.413 bits per heavy atom. The number of piperidine rings is 2. The Hall–Kier alpha value is -5.69. The summed E-state index contributed by atoms with van der Waals surface area (Å²) >= 11 is 0. The van der Waals surface area contributed by atoms with Gasteiger partial charge in [-0.25, -0.2) is 41.9 Å². The molecule has 10 rings (SSSR count). The van der Waals surface area contributed by atoms with Crippen molar-refractivity contribution in [1.29, 1.82) is 0 Å². The van der Waals surface area contributed by atoms with Crippen molar-refractivity contribution in [3.05, 3.63) is 252 Å². The van der Waals surface area contributed by atoms with Crippen molar-refractivity contribution in [3.63, 3.8) is 0 Å². The van der Waals surface area contributed by atoms with Crippen LogP contribution in [0.15, 0.2) is 182 Å². The van der Waals surface area contributed by atoms with Crippen LogP contribution in [-0.4, -0.2) is 13.1 Å². The fraction of sp³-hybridized carbons (Fsp3) is 0.214. The van der Waals surface area contributed by atoms with Crippen molar-refractivity contribution in [1.82, 2.24) is 0 Å². The topological polar surface area (TPSA) is 6.48 Å². The van der Waals surface area contributed by atoms with E-state index in [-0.39, 0.29) is 21.7 Å². The molecule has 7 heteroatoms. The zero-order chi connectivity index (χ0) is 43.0. The first-order valence-corrected chi connectivity index (χ1v) is 21.4. The maximum absolute atomic E-state index is 14.7. The molecule has 2 nitrogen and oxygen atoms in total. The molecule has 2 fully saturated rings. The number of anilines is 2. The summed E-state index contributed by atoms with van der Waals surface area (Å²) in [6.45, 7) is 1.42. The van der Waals surface area contributed by atoms with Crippen molar-refractivity contribution in [2.45, 2.75) is 62.4 Å². The molecule has 0 spiro atoms. The first kappa shape index (κ1) is 46.8. The molecule has 0 bridgehead atoms. The molecule has 0 N–H and O–H groups in total. The summed E-state index contributed by atoms with van der Waals surface area (Å²) in [5.41, 5.74) is 4.33. The zero-order valence-corrected chi connectivity index (χ0v) is 36.9. The van der Waals surface area contributed by atoms with Gasteiger partial charge in [0, 0.05) is 36.4 Å². The van der Waals surface area contributed by atoms with Crippen molar-refractivity contribution in [2.75, 3.05) is 22.9 Å². The van der Waals surface area contributed by atoms with Crippen molar-refractivity contribution < 1.29 is 39.3 Å². The number of allylic oxidation sites excluding steroid dienone is 8. The van der Waals surface area contributed by atoms with E-state index < -0.39 is 34.3 Å². The summed E-state index contributed by atoms with van der Waals surface area (Å²) in [4.78, 5) is 4.18. The summed E-state index contributed by atoms with van der Waals surface area (Å²) in [5, 5.41) is 0. The quantitative estimate of drug-likeness (QED) is 0.0934. The number of halogens is 4. The molecule has 6 aromatic rings. The molecule has 0 radical (unpaired) electrons. The van der Waals surface area contributed by atoms with E-state index in [1.165, 1.54) is 24.3 Å². The Kier molecular flexibility index (Phi) is 17.2. The average Bonchev–Trinajstić information content (AvgIpc) is 4.12. The standard InChI is InChI=1S/2C23H20F2N.2C5H5.Ti/c2*24-20-13-14-22(21(25)17-20)26-16-8-7-15-23(26,18-9-3-1-4-10-18)19-11-5-2-6-12-19;2*1-2-4-5-3-1;/h2*1-6,9-14H,7-8,15-16H2;2*1-3H,4H2;/q4*-1;+4. The molecular formula is C56H50F4N2Ti. The largest absolute Gasteiger partial charge is 4.00 e. The van der Waals surface area contributed by atoms with Gasteiger partial charge in [0.15, 0.2) is 0 Å². The van der Waals surface area contributed by atoms with E-state index in [0.717, 1.165) is 73.6 Å². The van der Waals surface area contributed by atoms with Crippen LogP contribution in [0.3, 0.4) is 0 Å². The summed E-state index contributed by atoms with van der Waals surface area (Å²) in [6, 6.07) is 50.9. The number of rotatable bonds is 6. The second kappa shape index (κ2) is 23.1. The third kappa shape index (κ3) is 11.1. The molecule has 0 aromatic heterocycles. The third-order valence-electron chi connectivity index (χ3n) is 11.7. The van der Waals surface area contributed by atoms with Gasteiger partial charge in [0.2, 0.25) is 0 Å². The molecular weight excluding hydrogens is 824 g/mol.